The van der Waals surface area contributed by atoms with Gasteiger partial charge >= 0.3 is 0 Å². The van der Waals surface area contributed by atoms with Crippen molar-refractivity contribution in [2.75, 3.05) is 13.2 Å². The third-order valence-corrected chi connectivity index (χ3v) is 3.42. The van der Waals surface area contributed by atoms with E-state index in [1.54, 1.807) is 19.9 Å². The molecule has 1 atom stereocenters. The van der Waals surface area contributed by atoms with Crippen LogP contribution in [-0.2, 0) is 9.53 Å². The molecule has 2 N–H and O–H groups in total. The van der Waals surface area contributed by atoms with Gasteiger partial charge < -0.3 is 14.5 Å². The van der Waals surface area contributed by atoms with E-state index in [1.165, 1.54) is 6.26 Å². The van der Waals surface area contributed by atoms with Gasteiger partial charge in [-0.25, -0.2) is 5.43 Å². The molecule has 7 heteroatoms. The van der Waals surface area contributed by atoms with Crippen LogP contribution < -0.4 is 10.7 Å². The van der Waals surface area contributed by atoms with E-state index in [0.717, 1.165) is 19.4 Å². The van der Waals surface area contributed by atoms with Gasteiger partial charge in [-0.3, -0.25) is 9.59 Å². The van der Waals surface area contributed by atoms with Gasteiger partial charge in [0.15, 0.2) is 0 Å². The molecular weight excluding hydrogens is 286 g/mol. The summed E-state index contributed by atoms with van der Waals surface area (Å²) in [6.45, 7) is 4.67. The van der Waals surface area contributed by atoms with E-state index in [0.29, 0.717) is 23.6 Å². The molecule has 2 amide bonds. The van der Waals surface area contributed by atoms with Crippen LogP contribution in [0.25, 0.3) is 0 Å². The number of carbonyl (C=O) groups excluding carboxylic acids is 2. The molecule has 0 radical (unpaired) electrons. The Bertz CT molecular complexity index is 559. The number of nitrogens with zero attached hydrogens (tertiary/aromatic N) is 1. The number of nitrogens with one attached hydrogen (secondary N) is 2. The zero-order chi connectivity index (χ0) is 15.9. The number of aryl methyl sites for hydroxylation is 1. The minimum absolute atomic E-state index is 0.116. The van der Waals surface area contributed by atoms with E-state index < -0.39 is 0 Å². The van der Waals surface area contributed by atoms with Crippen LogP contribution in [0.4, 0.5) is 0 Å². The van der Waals surface area contributed by atoms with Crippen molar-refractivity contribution in [2.45, 2.75) is 39.2 Å². The number of hydrazone groups is 1. The monoisotopic (exact) mass is 307 g/mol. The molecule has 0 unspecified atom stereocenters. The maximum atomic E-state index is 11.8. The van der Waals surface area contributed by atoms with Gasteiger partial charge in [0.25, 0.3) is 5.91 Å². The molecule has 1 aromatic heterocycles. The Hall–Kier alpha value is -2.15. The molecule has 1 saturated heterocycles. The molecule has 2 heterocycles. The van der Waals surface area contributed by atoms with Crippen LogP contribution in [0, 0.1) is 6.92 Å². The topological polar surface area (TPSA) is 92.9 Å². The number of furan rings is 1. The zero-order valence-corrected chi connectivity index (χ0v) is 12.8. The summed E-state index contributed by atoms with van der Waals surface area (Å²) in [5.74, 6) is 0.0375. The van der Waals surface area contributed by atoms with Crippen molar-refractivity contribution in [2.24, 2.45) is 5.10 Å². The molecule has 0 saturated carbocycles. The van der Waals surface area contributed by atoms with Gasteiger partial charge in [-0.2, -0.15) is 5.10 Å². The number of rotatable bonds is 6. The molecule has 120 valence electrons. The molecule has 0 bridgehead atoms. The van der Waals surface area contributed by atoms with E-state index >= 15 is 0 Å². The number of hydrogen-bond acceptors (Lipinski definition) is 5. The van der Waals surface area contributed by atoms with Gasteiger partial charge in [0.1, 0.15) is 5.76 Å². The van der Waals surface area contributed by atoms with Crippen LogP contribution >= 0.6 is 0 Å². The van der Waals surface area contributed by atoms with E-state index in [2.05, 4.69) is 15.8 Å². The van der Waals surface area contributed by atoms with Crippen molar-refractivity contribution < 1.29 is 18.7 Å². The Morgan fingerprint density at radius 1 is 1.45 bits per heavy atom. The van der Waals surface area contributed by atoms with Crippen molar-refractivity contribution in [3.05, 3.63) is 23.7 Å². The molecule has 0 aliphatic carbocycles. The molecule has 1 aliphatic heterocycles. The van der Waals surface area contributed by atoms with Gasteiger partial charge in [0, 0.05) is 18.9 Å². The second-order valence-electron chi connectivity index (χ2n) is 5.29. The maximum absolute atomic E-state index is 11.8. The first kappa shape index (κ1) is 16.2. The number of hydrogen-bond donors (Lipinski definition) is 2. The van der Waals surface area contributed by atoms with Crippen molar-refractivity contribution >= 4 is 17.5 Å². The average molecular weight is 307 g/mol. The largest absolute Gasteiger partial charge is 0.469 e. The van der Waals surface area contributed by atoms with Crippen LogP contribution in [0.5, 0.6) is 0 Å². The van der Waals surface area contributed by atoms with E-state index in [4.69, 9.17) is 9.15 Å². The lowest BCUT2D eigenvalue weighted by molar-refractivity contribution is -0.120. The SMILES string of the molecule is C/C(CC(=O)NC[C@H]1CCCO1)=N/NC(=O)c1ccoc1C. The van der Waals surface area contributed by atoms with Crippen molar-refractivity contribution in [1.29, 1.82) is 0 Å². The van der Waals surface area contributed by atoms with E-state index in [1.807, 2.05) is 0 Å². The molecule has 0 aromatic carbocycles. The van der Waals surface area contributed by atoms with Gasteiger partial charge in [-0.15, -0.1) is 0 Å². The van der Waals surface area contributed by atoms with E-state index in [9.17, 15) is 9.59 Å². The first-order chi connectivity index (χ1) is 10.6. The first-order valence-corrected chi connectivity index (χ1v) is 7.32. The summed E-state index contributed by atoms with van der Waals surface area (Å²) in [6, 6.07) is 1.57. The smallest absolute Gasteiger partial charge is 0.274 e. The summed E-state index contributed by atoms with van der Waals surface area (Å²) in [5.41, 5.74) is 3.37. The third-order valence-electron chi connectivity index (χ3n) is 3.42. The predicted octanol–water partition coefficient (Wildman–Crippen LogP) is 1.38. The zero-order valence-electron chi connectivity index (χ0n) is 12.8. The van der Waals surface area contributed by atoms with Gasteiger partial charge in [-0.1, -0.05) is 0 Å². The third kappa shape index (κ3) is 4.70. The van der Waals surface area contributed by atoms with E-state index in [-0.39, 0.29) is 24.3 Å². The number of amides is 2. The maximum Gasteiger partial charge on any atom is 0.274 e. The molecule has 1 fully saturated rings. The molecule has 2 rings (SSSR count). The fourth-order valence-electron chi connectivity index (χ4n) is 2.19. The highest BCUT2D eigenvalue weighted by atomic mass is 16.5. The Kier molecular flexibility index (Phi) is 5.71. The fraction of sp³-hybridized carbons (Fsp3) is 0.533. The summed E-state index contributed by atoms with van der Waals surface area (Å²) in [4.78, 5) is 23.6. The van der Waals surface area contributed by atoms with Crippen LogP contribution in [0.2, 0.25) is 0 Å². The fourth-order valence-corrected chi connectivity index (χ4v) is 2.19. The van der Waals surface area contributed by atoms with Gasteiger partial charge in [-0.05, 0) is 32.8 Å². The highest BCUT2D eigenvalue weighted by Crippen LogP contribution is 2.10. The quantitative estimate of drug-likeness (QED) is 0.613. The molecule has 22 heavy (non-hydrogen) atoms. The first-order valence-electron chi connectivity index (χ1n) is 7.32. The standard InChI is InChI=1S/C15H21N3O4/c1-10(8-14(19)16-9-12-4-3-6-22-12)17-18-15(20)13-5-7-21-11(13)2/h5,7,12H,3-4,6,8-9H2,1-2H3,(H,16,19)(H,18,20)/b17-10-/t12-/m1/s1. The lowest BCUT2D eigenvalue weighted by atomic mass is 10.2. The van der Waals surface area contributed by atoms with Crippen LogP contribution in [0.1, 0.15) is 42.3 Å². The van der Waals surface area contributed by atoms with Crippen LogP contribution in [-0.4, -0.2) is 36.8 Å². The average Bonchev–Trinajstić information content (AvgIpc) is 3.14. The lowest BCUT2D eigenvalue weighted by Crippen LogP contribution is -2.33. The van der Waals surface area contributed by atoms with Crippen molar-refractivity contribution in [3.8, 4) is 0 Å². The number of carbonyl (C=O) groups is 2. The predicted molar refractivity (Wildman–Crippen MR) is 80.6 cm³/mol. The lowest BCUT2D eigenvalue weighted by Gasteiger charge is -2.10. The highest BCUT2D eigenvalue weighted by Gasteiger charge is 2.16. The van der Waals surface area contributed by atoms with Crippen LogP contribution in [0.3, 0.4) is 0 Å². The number of ether oxygens (including phenoxy) is 1. The summed E-state index contributed by atoms with van der Waals surface area (Å²) in [7, 11) is 0. The van der Waals surface area contributed by atoms with Crippen LogP contribution in [0.15, 0.2) is 21.8 Å². The Labute approximate surface area is 129 Å². The molecule has 0 spiro atoms. The Morgan fingerprint density at radius 3 is 2.91 bits per heavy atom. The van der Waals surface area contributed by atoms with Crippen molar-refractivity contribution in [1.82, 2.24) is 10.7 Å². The minimum atomic E-state index is -0.356. The second-order valence-corrected chi connectivity index (χ2v) is 5.29. The normalized spacial score (nSPS) is 18.3. The molecule has 1 aromatic rings. The van der Waals surface area contributed by atoms with Gasteiger partial charge in [0.05, 0.1) is 24.4 Å². The van der Waals surface area contributed by atoms with Crippen molar-refractivity contribution in [3.63, 3.8) is 0 Å². The Morgan fingerprint density at radius 2 is 2.27 bits per heavy atom. The summed E-state index contributed by atoms with van der Waals surface area (Å²) >= 11 is 0. The van der Waals surface area contributed by atoms with Gasteiger partial charge in [0.2, 0.25) is 5.91 Å². The molecule has 1 aliphatic rings. The summed E-state index contributed by atoms with van der Waals surface area (Å²) < 4.78 is 10.5. The highest BCUT2D eigenvalue weighted by molar-refractivity contribution is 6.01. The molecule has 7 nitrogen and oxygen atoms in total. The summed E-state index contributed by atoms with van der Waals surface area (Å²) in [5, 5.41) is 6.73. The molecular formula is C15H21N3O4. The summed E-state index contributed by atoms with van der Waals surface area (Å²) in [6.07, 6.45) is 3.72. The minimum Gasteiger partial charge on any atom is -0.469 e. The Balaban J connectivity index is 1.73. The second kappa shape index (κ2) is 7.74.